The first-order valence-corrected chi connectivity index (χ1v) is 8.82. The topological polar surface area (TPSA) is 50.2 Å². The Labute approximate surface area is 192 Å². The van der Waals surface area contributed by atoms with Gasteiger partial charge in [0.15, 0.2) is 5.82 Å². The summed E-state index contributed by atoms with van der Waals surface area (Å²) in [5.74, 6) is 1.53. The molecule has 0 saturated carbocycles. The molecular formula is C21H26N4SY-2. The number of nitrogens with one attached hydrogen (secondary N) is 1. The predicted octanol–water partition coefficient (Wildman–Crippen LogP) is 6.03. The molecule has 4 nitrogen and oxygen atoms in total. The van der Waals surface area contributed by atoms with E-state index < -0.39 is 0 Å². The van der Waals surface area contributed by atoms with Crippen LogP contribution in [0.5, 0.6) is 0 Å². The van der Waals surface area contributed by atoms with E-state index in [9.17, 15) is 0 Å². The zero-order valence-corrected chi connectivity index (χ0v) is 19.0. The molecule has 1 aliphatic heterocycles. The van der Waals surface area contributed by atoms with Gasteiger partial charge in [-0.1, -0.05) is 27.3 Å². The van der Waals surface area contributed by atoms with Crippen molar-refractivity contribution >= 4 is 33.6 Å². The number of nitrogens with zero attached hydrogens (tertiary/aromatic N) is 3. The predicted molar refractivity (Wildman–Crippen MR) is 117 cm³/mol. The summed E-state index contributed by atoms with van der Waals surface area (Å²) in [6.45, 7) is 8.69. The van der Waals surface area contributed by atoms with Crippen LogP contribution < -0.4 is 5.32 Å². The van der Waals surface area contributed by atoms with Gasteiger partial charge in [0.1, 0.15) is 5.82 Å². The summed E-state index contributed by atoms with van der Waals surface area (Å²) < 4.78 is 1.05. The van der Waals surface area contributed by atoms with Crippen molar-refractivity contribution in [3.63, 3.8) is 0 Å². The Bertz CT molecular complexity index is 915. The third-order valence-corrected chi connectivity index (χ3v) is 4.31. The van der Waals surface area contributed by atoms with Crippen LogP contribution in [0, 0.1) is 14.4 Å². The van der Waals surface area contributed by atoms with Gasteiger partial charge in [-0.25, -0.2) is 9.97 Å². The van der Waals surface area contributed by atoms with Crippen LogP contribution in [0.2, 0.25) is 0 Å². The van der Waals surface area contributed by atoms with Crippen molar-refractivity contribution in [2.75, 3.05) is 11.9 Å². The van der Waals surface area contributed by atoms with E-state index in [-0.39, 0.29) is 47.6 Å². The van der Waals surface area contributed by atoms with Gasteiger partial charge in [-0.15, -0.1) is 17.4 Å². The molecule has 1 aromatic carbocycles. The van der Waals surface area contributed by atoms with Crippen LogP contribution in [0.1, 0.15) is 26.8 Å². The van der Waals surface area contributed by atoms with Crippen molar-refractivity contribution in [2.24, 2.45) is 4.99 Å². The first-order chi connectivity index (χ1) is 11.8. The zero-order chi connectivity index (χ0) is 16.9. The smallest absolute Gasteiger partial charge is 0.152 e. The Morgan fingerprint density at radius 1 is 1.15 bits per heavy atom. The number of benzene rings is 1. The van der Waals surface area contributed by atoms with Gasteiger partial charge in [-0.3, -0.25) is 4.99 Å². The molecule has 4 rings (SSSR count). The number of aromatic nitrogens is 2. The number of anilines is 1. The third-order valence-electron chi connectivity index (χ3n) is 3.40. The third kappa shape index (κ3) is 5.96. The van der Waals surface area contributed by atoms with Gasteiger partial charge in [0.2, 0.25) is 0 Å². The van der Waals surface area contributed by atoms with Crippen molar-refractivity contribution in [3.05, 3.63) is 67.4 Å². The van der Waals surface area contributed by atoms with Crippen molar-refractivity contribution in [3.8, 4) is 11.4 Å². The SMILES string of the molecule is C.CC.[CH2-]c1cccc(-c2nc(NC3=CCN=C3)c3sccc3n2)c1.[CH3-].[Y]. The number of fused-ring (bicyclic) bond motifs is 1. The van der Waals surface area contributed by atoms with E-state index in [0.29, 0.717) is 5.82 Å². The molecule has 0 fully saturated rings. The zero-order valence-electron chi connectivity index (χ0n) is 15.4. The summed E-state index contributed by atoms with van der Waals surface area (Å²) in [4.78, 5) is 13.6. The molecular weight excluding hydrogens is 429 g/mol. The Morgan fingerprint density at radius 2 is 1.93 bits per heavy atom. The molecule has 0 spiro atoms. The van der Waals surface area contributed by atoms with Crippen LogP contribution in [0.4, 0.5) is 5.82 Å². The molecule has 0 aliphatic carbocycles. The molecule has 3 aromatic rings. The number of aliphatic imine (C=N–C) groups is 1. The van der Waals surface area contributed by atoms with Crippen LogP contribution >= 0.6 is 11.3 Å². The summed E-state index contributed by atoms with van der Waals surface area (Å²) in [5.41, 5.74) is 3.84. The first-order valence-electron chi connectivity index (χ1n) is 7.94. The molecule has 141 valence electrons. The minimum atomic E-state index is 0. The maximum Gasteiger partial charge on any atom is 0.152 e. The average Bonchev–Trinajstić information content (AvgIpc) is 3.28. The van der Waals surface area contributed by atoms with E-state index in [1.165, 1.54) is 0 Å². The number of rotatable bonds is 3. The summed E-state index contributed by atoms with van der Waals surface area (Å²) in [5, 5.41) is 5.38. The number of hydrogen-bond donors (Lipinski definition) is 1. The second kappa shape index (κ2) is 12.0. The van der Waals surface area contributed by atoms with Gasteiger partial charge in [0.25, 0.3) is 0 Å². The van der Waals surface area contributed by atoms with Crippen LogP contribution in [-0.2, 0) is 32.7 Å². The molecule has 6 heteroatoms. The van der Waals surface area contributed by atoms with Crippen molar-refractivity contribution in [1.29, 1.82) is 0 Å². The summed E-state index contributed by atoms with van der Waals surface area (Å²) in [6, 6.07) is 9.95. The molecule has 0 unspecified atom stereocenters. The van der Waals surface area contributed by atoms with Crippen LogP contribution in [0.3, 0.4) is 0 Å². The van der Waals surface area contributed by atoms with Crippen LogP contribution in [0.15, 0.2) is 52.5 Å². The number of allylic oxidation sites excluding steroid dienone is 1. The molecule has 0 saturated heterocycles. The fourth-order valence-electron chi connectivity index (χ4n) is 2.36. The van der Waals surface area contributed by atoms with Gasteiger partial charge in [-0.2, -0.15) is 24.6 Å². The second-order valence-electron chi connectivity index (χ2n) is 5.01. The normalized spacial score (nSPS) is 11.3. The summed E-state index contributed by atoms with van der Waals surface area (Å²) in [7, 11) is 0. The molecule has 27 heavy (non-hydrogen) atoms. The Balaban J connectivity index is 0.00000131. The van der Waals surface area contributed by atoms with E-state index in [0.717, 1.165) is 39.4 Å². The molecule has 1 aliphatic rings. The molecule has 3 heterocycles. The molecule has 0 atom stereocenters. The molecule has 1 N–H and O–H groups in total. The van der Waals surface area contributed by atoms with Crippen molar-refractivity contribution in [1.82, 2.24) is 9.97 Å². The van der Waals surface area contributed by atoms with E-state index in [2.05, 4.69) is 22.2 Å². The standard InChI is InChI=1S/C17H13N4S.C2H6.CH4.CH3.Y/c1-11-3-2-4-12(9-11)16-20-14-6-8-22-15(14)17(21-16)19-13-5-7-18-10-13;1-2;;;/h2-6,8-10H,1,7H2,(H,19,20,21);1-2H3;1H4;1H3;/q-1;;;-1;. The Morgan fingerprint density at radius 3 is 2.59 bits per heavy atom. The molecule has 1 radical (unpaired) electrons. The van der Waals surface area contributed by atoms with Crippen LogP contribution in [0.25, 0.3) is 21.6 Å². The van der Waals surface area contributed by atoms with Gasteiger partial charge in [0.05, 0.1) is 22.5 Å². The van der Waals surface area contributed by atoms with Gasteiger partial charge in [0, 0.05) is 38.9 Å². The molecule has 0 bridgehead atoms. The monoisotopic (exact) mass is 455 g/mol. The fourth-order valence-corrected chi connectivity index (χ4v) is 3.14. The average molecular weight is 455 g/mol. The van der Waals surface area contributed by atoms with Crippen molar-refractivity contribution in [2.45, 2.75) is 21.3 Å². The van der Waals surface area contributed by atoms with Crippen LogP contribution in [-0.4, -0.2) is 22.7 Å². The van der Waals surface area contributed by atoms with Gasteiger partial charge in [-0.05, 0) is 23.1 Å². The van der Waals surface area contributed by atoms with Gasteiger partial charge >= 0.3 is 0 Å². The van der Waals surface area contributed by atoms with E-state index in [4.69, 9.17) is 4.98 Å². The molecule has 0 amide bonds. The largest absolute Gasteiger partial charge is 0.358 e. The minimum absolute atomic E-state index is 0. The number of hydrogen-bond acceptors (Lipinski definition) is 5. The second-order valence-corrected chi connectivity index (χ2v) is 5.93. The fraction of sp³-hybridized carbons (Fsp3) is 0.190. The first kappa shape index (κ1) is 25.4. The number of thiophene rings is 1. The Hall–Kier alpha value is -1.56. The Kier molecular flexibility index (Phi) is 11.3. The minimum Gasteiger partial charge on any atom is -0.358 e. The molecule has 2 aromatic heterocycles. The summed E-state index contributed by atoms with van der Waals surface area (Å²) >= 11 is 1.63. The maximum atomic E-state index is 4.71. The van der Waals surface area contributed by atoms with Gasteiger partial charge < -0.3 is 12.7 Å². The van der Waals surface area contributed by atoms with E-state index >= 15 is 0 Å². The van der Waals surface area contributed by atoms with E-state index in [1.54, 1.807) is 11.3 Å². The quantitative estimate of drug-likeness (QED) is 0.491. The summed E-state index contributed by atoms with van der Waals surface area (Å²) in [6.07, 6.45) is 3.87. The van der Waals surface area contributed by atoms with E-state index in [1.807, 2.05) is 61.8 Å². The maximum absolute atomic E-state index is 4.71. The van der Waals surface area contributed by atoms with Crippen molar-refractivity contribution < 1.29 is 32.7 Å².